The smallest absolute Gasteiger partial charge is 0.274 e. The molecule has 1 aromatic carbocycles. The van der Waals surface area contributed by atoms with Crippen LogP contribution in [0.2, 0.25) is 0 Å². The minimum Gasteiger partial charge on any atom is -0.306 e. The van der Waals surface area contributed by atoms with Gasteiger partial charge in [0.2, 0.25) is 0 Å². The van der Waals surface area contributed by atoms with Crippen LogP contribution in [0.3, 0.4) is 0 Å². The van der Waals surface area contributed by atoms with E-state index in [9.17, 15) is 4.79 Å². The van der Waals surface area contributed by atoms with Gasteiger partial charge in [0.15, 0.2) is 0 Å². The molecule has 0 N–H and O–H groups in total. The van der Waals surface area contributed by atoms with Gasteiger partial charge in [-0.2, -0.15) is 5.10 Å². The Morgan fingerprint density at radius 1 is 1.12 bits per heavy atom. The predicted octanol–water partition coefficient (Wildman–Crippen LogP) is 3.32. The third kappa shape index (κ3) is 2.89. The molecule has 0 spiro atoms. The largest absolute Gasteiger partial charge is 0.306 e. The summed E-state index contributed by atoms with van der Waals surface area (Å²) in [5.41, 5.74) is 1.06. The number of hydrogen-bond acceptors (Lipinski definition) is 4. The average molecular weight is 339 g/mol. The van der Waals surface area contributed by atoms with Crippen LogP contribution in [0.4, 0.5) is 0 Å². The Balaban J connectivity index is 1.82. The second kappa shape index (κ2) is 6.49. The lowest BCUT2D eigenvalue weighted by molar-refractivity contribution is 0.208. The molecule has 0 radical (unpaired) electrons. The molecule has 0 unspecified atom stereocenters. The van der Waals surface area contributed by atoms with Crippen molar-refractivity contribution in [1.82, 2.24) is 14.7 Å². The van der Waals surface area contributed by atoms with Crippen molar-refractivity contribution in [3.63, 3.8) is 0 Å². The van der Waals surface area contributed by atoms with Gasteiger partial charge in [-0.05, 0) is 50.5 Å². The Labute approximate surface area is 145 Å². The van der Waals surface area contributed by atoms with Crippen molar-refractivity contribution in [3.05, 3.63) is 62.7 Å². The summed E-state index contributed by atoms with van der Waals surface area (Å²) in [7, 11) is 2.13. The Hall–Kier alpha value is -1.98. The lowest BCUT2D eigenvalue weighted by atomic mass is 10.0. The average Bonchev–Trinajstić information content (AvgIpc) is 3.11. The maximum Gasteiger partial charge on any atom is 0.274 e. The standard InChI is InChI=1S/C19H21N3OS/c1-21-10-8-14(9-11-21)22-19(23)17-7-3-2-6-16(17)18(20-22)13-15-5-4-12-24-15/h2-7,12,14H,8-11,13H2,1H3. The van der Waals surface area contributed by atoms with E-state index in [1.165, 1.54) is 4.88 Å². The van der Waals surface area contributed by atoms with E-state index in [1.807, 2.05) is 24.3 Å². The zero-order chi connectivity index (χ0) is 16.5. The van der Waals surface area contributed by atoms with Crippen molar-refractivity contribution < 1.29 is 0 Å². The predicted molar refractivity (Wildman–Crippen MR) is 98.9 cm³/mol. The van der Waals surface area contributed by atoms with Gasteiger partial charge in [0, 0.05) is 16.7 Å². The highest BCUT2D eigenvalue weighted by molar-refractivity contribution is 7.09. The van der Waals surface area contributed by atoms with Crippen LogP contribution in [0.5, 0.6) is 0 Å². The van der Waals surface area contributed by atoms with Gasteiger partial charge >= 0.3 is 0 Å². The van der Waals surface area contributed by atoms with Crippen LogP contribution >= 0.6 is 11.3 Å². The van der Waals surface area contributed by atoms with Gasteiger partial charge in [-0.1, -0.05) is 24.3 Å². The normalized spacial score (nSPS) is 16.7. The van der Waals surface area contributed by atoms with E-state index in [2.05, 4.69) is 29.5 Å². The van der Waals surface area contributed by atoms with E-state index in [1.54, 1.807) is 16.0 Å². The van der Waals surface area contributed by atoms with Crippen molar-refractivity contribution in [3.8, 4) is 0 Å². The van der Waals surface area contributed by atoms with E-state index in [-0.39, 0.29) is 11.6 Å². The van der Waals surface area contributed by atoms with Crippen LogP contribution in [-0.2, 0) is 6.42 Å². The third-order valence-electron chi connectivity index (χ3n) is 4.86. The molecule has 4 rings (SSSR count). The first-order valence-electron chi connectivity index (χ1n) is 8.44. The van der Waals surface area contributed by atoms with Gasteiger partial charge in [-0.25, -0.2) is 4.68 Å². The summed E-state index contributed by atoms with van der Waals surface area (Å²) in [5, 5.41) is 8.68. The lowest BCUT2D eigenvalue weighted by Gasteiger charge is -2.29. The Kier molecular flexibility index (Phi) is 4.21. The highest BCUT2D eigenvalue weighted by Gasteiger charge is 2.22. The first kappa shape index (κ1) is 15.5. The van der Waals surface area contributed by atoms with E-state index in [0.717, 1.165) is 48.8 Å². The summed E-state index contributed by atoms with van der Waals surface area (Å²) in [6.45, 7) is 2.04. The molecule has 1 aliphatic rings. The Bertz CT molecular complexity index is 893. The summed E-state index contributed by atoms with van der Waals surface area (Å²) < 4.78 is 1.76. The molecule has 5 heteroatoms. The number of thiophene rings is 1. The number of likely N-dealkylation sites (tertiary alicyclic amines) is 1. The van der Waals surface area contributed by atoms with Crippen molar-refractivity contribution in [2.75, 3.05) is 20.1 Å². The lowest BCUT2D eigenvalue weighted by Crippen LogP contribution is -2.37. The number of nitrogens with zero attached hydrogens (tertiary/aromatic N) is 3. The summed E-state index contributed by atoms with van der Waals surface area (Å²) in [6, 6.07) is 12.3. The molecule has 0 saturated carbocycles. The first-order valence-corrected chi connectivity index (χ1v) is 9.31. The van der Waals surface area contributed by atoms with Crippen LogP contribution in [-0.4, -0.2) is 34.8 Å². The highest BCUT2D eigenvalue weighted by Crippen LogP contribution is 2.23. The Morgan fingerprint density at radius 3 is 2.58 bits per heavy atom. The van der Waals surface area contributed by atoms with E-state index >= 15 is 0 Å². The molecule has 2 aromatic heterocycles. The minimum absolute atomic E-state index is 0.0510. The third-order valence-corrected chi connectivity index (χ3v) is 5.74. The summed E-state index contributed by atoms with van der Waals surface area (Å²) in [4.78, 5) is 16.5. The van der Waals surface area contributed by atoms with Crippen LogP contribution in [0, 0.1) is 0 Å². The topological polar surface area (TPSA) is 38.1 Å². The van der Waals surface area contributed by atoms with Crippen LogP contribution in [0.1, 0.15) is 29.5 Å². The molecule has 3 aromatic rings. The van der Waals surface area contributed by atoms with E-state index in [0.29, 0.717) is 0 Å². The van der Waals surface area contributed by atoms with Crippen LogP contribution in [0.15, 0.2) is 46.6 Å². The fraction of sp³-hybridized carbons (Fsp3) is 0.368. The molecular weight excluding hydrogens is 318 g/mol. The quantitative estimate of drug-likeness (QED) is 0.735. The molecule has 4 nitrogen and oxygen atoms in total. The molecule has 0 amide bonds. The fourth-order valence-electron chi connectivity index (χ4n) is 3.47. The molecule has 0 atom stereocenters. The summed E-state index contributed by atoms with van der Waals surface area (Å²) >= 11 is 1.74. The molecule has 0 aliphatic carbocycles. The number of benzene rings is 1. The molecule has 1 saturated heterocycles. The molecular formula is C19H21N3OS. The number of rotatable bonds is 3. The van der Waals surface area contributed by atoms with Gasteiger partial charge in [-0.3, -0.25) is 4.79 Å². The monoisotopic (exact) mass is 339 g/mol. The van der Waals surface area contributed by atoms with E-state index in [4.69, 9.17) is 5.10 Å². The summed E-state index contributed by atoms with van der Waals surface area (Å²) in [6.07, 6.45) is 2.76. The maximum atomic E-state index is 13.0. The second-order valence-electron chi connectivity index (χ2n) is 6.53. The van der Waals surface area contributed by atoms with Gasteiger partial charge in [-0.15, -0.1) is 11.3 Å². The molecule has 1 fully saturated rings. The summed E-state index contributed by atoms with van der Waals surface area (Å²) in [5.74, 6) is 0. The highest BCUT2D eigenvalue weighted by atomic mass is 32.1. The zero-order valence-electron chi connectivity index (χ0n) is 13.8. The molecule has 3 heterocycles. The van der Waals surface area contributed by atoms with Gasteiger partial charge in [0.05, 0.1) is 17.1 Å². The van der Waals surface area contributed by atoms with Crippen molar-refractivity contribution >= 4 is 22.1 Å². The van der Waals surface area contributed by atoms with Crippen LogP contribution < -0.4 is 5.56 Å². The number of fused-ring (bicyclic) bond motifs is 1. The van der Waals surface area contributed by atoms with Gasteiger partial charge < -0.3 is 4.90 Å². The van der Waals surface area contributed by atoms with Gasteiger partial charge in [0.25, 0.3) is 5.56 Å². The molecule has 124 valence electrons. The minimum atomic E-state index is 0.0510. The Morgan fingerprint density at radius 2 is 1.88 bits per heavy atom. The second-order valence-corrected chi connectivity index (χ2v) is 7.56. The van der Waals surface area contributed by atoms with Crippen molar-refractivity contribution in [1.29, 1.82) is 0 Å². The van der Waals surface area contributed by atoms with Gasteiger partial charge in [0.1, 0.15) is 0 Å². The molecule has 24 heavy (non-hydrogen) atoms. The SMILES string of the molecule is CN1CCC(n2nc(Cc3cccs3)c3ccccc3c2=O)CC1. The number of piperidine rings is 1. The first-order chi connectivity index (χ1) is 11.7. The van der Waals surface area contributed by atoms with Crippen molar-refractivity contribution in [2.24, 2.45) is 0 Å². The molecule has 1 aliphatic heterocycles. The number of hydrogen-bond donors (Lipinski definition) is 0. The zero-order valence-corrected chi connectivity index (χ0v) is 14.6. The fourth-order valence-corrected chi connectivity index (χ4v) is 4.18. The van der Waals surface area contributed by atoms with Crippen molar-refractivity contribution in [2.45, 2.75) is 25.3 Å². The van der Waals surface area contributed by atoms with E-state index < -0.39 is 0 Å². The molecule has 0 bridgehead atoms. The number of aromatic nitrogens is 2. The maximum absolute atomic E-state index is 13.0. The van der Waals surface area contributed by atoms with Crippen LogP contribution in [0.25, 0.3) is 10.8 Å².